The number of carbonyl (C=O) groups is 1. The number of halogens is 1. The van der Waals surface area contributed by atoms with Crippen molar-refractivity contribution in [2.75, 3.05) is 41.6 Å². The van der Waals surface area contributed by atoms with E-state index in [0.717, 1.165) is 22.5 Å². The molecule has 38 heavy (non-hydrogen) atoms. The van der Waals surface area contributed by atoms with Crippen LogP contribution in [0.25, 0.3) is 22.6 Å². The summed E-state index contributed by atoms with van der Waals surface area (Å²) in [5.74, 6) is 1.69. The third kappa shape index (κ3) is 5.36. The number of amides is 1. The van der Waals surface area contributed by atoms with Gasteiger partial charge in [0.05, 0.1) is 41.3 Å². The molecule has 1 fully saturated rings. The van der Waals surface area contributed by atoms with Crippen LogP contribution in [0.1, 0.15) is 19.3 Å². The first-order valence-electron chi connectivity index (χ1n) is 12.5. The van der Waals surface area contributed by atoms with Gasteiger partial charge in [-0.3, -0.25) is 4.79 Å². The van der Waals surface area contributed by atoms with Crippen LogP contribution in [0.4, 0.5) is 23.0 Å². The monoisotopic (exact) mass is 535 g/mol. The Hall–Kier alpha value is -3.89. The lowest BCUT2D eigenvalue weighted by atomic mass is 10.1. The highest BCUT2D eigenvalue weighted by molar-refractivity contribution is 6.19. The van der Waals surface area contributed by atoms with Crippen LogP contribution in [0.3, 0.4) is 0 Å². The molecule has 3 heterocycles. The summed E-state index contributed by atoms with van der Waals surface area (Å²) in [5.41, 5.74) is 4.59. The number of para-hydroxylation sites is 2. The van der Waals surface area contributed by atoms with Gasteiger partial charge < -0.3 is 29.9 Å². The van der Waals surface area contributed by atoms with Crippen LogP contribution in [-0.4, -0.2) is 62.7 Å². The van der Waals surface area contributed by atoms with E-state index in [1.165, 1.54) is 0 Å². The van der Waals surface area contributed by atoms with E-state index >= 15 is 0 Å². The first kappa shape index (κ1) is 25.7. The van der Waals surface area contributed by atoms with Crippen LogP contribution < -0.4 is 20.3 Å². The maximum atomic E-state index is 12.5. The number of fused-ring (bicyclic) bond motifs is 1. The molecule has 0 spiro atoms. The van der Waals surface area contributed by atoms with Gasteiger partial charge >= 0.3 is 0 Å². The standard InChI is InChI=1S/C27H30ClN7O3/c1-34-22-6-4-3-5-18(22)31-26(34)19-8-12-29-27(32-19)33-21-15-20(30-25(37)7-11-28)23(16-24(21)38-2)35-13-9-17(36)10-14-35/h3-6,8,12,15-17,36H,7,9-11,13-14H2,1-2H3,(H,30,37)(H,29,32,33). The van der Waals surface area contributed by atoms with Gasteiger partial charge in [0.1, 0.15) is 11.4 Å². The van der Waals surface area contributed by atoms with Crippen LogP contribution in [0.2, 0.25) is 0 Å². The molecular formula is C27H30ClN7O3. The van der Waals surface area contributed by atoms with Crippen molar-refractivity contribution in [3.8, 4) is 17.3 Å². The van der Waals surface area contributed by atoms with E-state index < -0.39 is 0 Å². The number of alkyl halides is 1. The molecule has 3 N–H and O–H groups in total. The number of aryl methyl sites for hydroxylation is 1. The van der Waals surface area contributed by atoms with E-state index in [4.69, 9.17) is 26.3 Å². The van der Waals surface area contributed by atoms with Gasteiger partial charge in [0.15, 0.2) is 5.82 Å². The summed E-state index contributed by atoms with van der Waals surface area (Å²) in [4.78, 5) is 28.5. The summed E-state index contributed by atoms with van der Waals surface area (Å²) < 4.78 is 7.70. The summed E-state index contributed by atoms with van der Waals surface area (Å²) in [6.45, 7) is 1.33. The van der Waals surface area contributed by atoms with Crippen molar-refractivity contribution in [3.63, 3.8) is 0 Å². The van der Waals surface area contributed by atoms with E-state index in [0.29, 0.717) is 54.7 Å². The Morgan fingerprint density at radius 1 is 1.16 bits per heavy atom. The highest BCUT2D eigenvalue weighted by Crippen LogP contribution is 2.39. The number of imidazole rings is 1. The lowest BCUT2D eigenvalue weighted by Crippen LogP contribution is -2.36. The smallest absolute Gasteiger partial charge is 0.227 e. The van der Waals surface area contributed by atoms with E-state index in [9.17, 15) is 9.90 Å². The van der Waals surface area contributed by atoms with Crippen molar-refractivity contribution >= 4 is 51.6 Å². The van der Waals surface area contributed by atoms with Gasteiger partial charge in [0.2, 0.25) is 11.9 Å². The molecule has 1 aliphatic rings. The van der Waals surface area contributed by atoms with Crippen molar-refractivity contribution in [1.29, 1.82) is 0 Å². The summed E-state index contributed by atoms with van der Waals surface area (Å²) in [5, 5.41) is 16.2. The number of nitrogens with one attached hydrogen (secondary N) is 2. The molecule has 4 aromatic rings. The fourth-order valence-corrected chi connectivity index (χ4v) is 4.81. The highest BCUT2D eigenvalue weighted by Gasteiger charge is 2.23. The zero-order valence-electron chi connectivity index (χ0n) is 21.3. The molecule has 5 rings (SSSR count). The Morgan fingerprint density at radius 2 is 1.95 bits per heavy atom. The zero-order chi connectivity index (χ0) is 26.6. The minimum Gasteiger partial charge on any atom is -0.494 e. The number of ether oxygens (including phenoxy) is 1. The van der Waals surface area contributed by atoms with Gasteiger partial charge in [-0.15, -0.1) is 11.6 Å². The van der Waals surface area contributed by atoms with Crippen molar-refractivity contribution in [1.82, 2.24) is 19.5 Å². The fraction of sp³-hybridized carbons (Fsp3) is 0.333. The Bertz CT molecular complexity index is 1450. The Morgan fingerprint density at radius 3 is 2.68 bits per heavy atom. The SMILES string of the molecule is COc1cc(N2CCC(O)CC2)c(NC(=O)CCCl)cc1Nc1nccc(-c2nc3ccccc3n2C)n1. The highest BCUT2D eigenvalue weighted by atomic mass is 35.5. The first-order valence-corrected chi connectivity index (χ1v) is 13.0. The molecule has 0 radical (unpaired) electrons. The predicted octanol–water partition coefficient (Wildman–Crippen LogP) is 4.31. The summed E-state index contributed by atoms with van der Waals surface area (Å²) in [6.07, 6.45) is 2.86. The number of aromatic nitrogens is 4. The number of anilines is 4. The van der Waals surface area contributed by atoms with E-state index in [1.807, 2.05) is 54.1 Å². The zero-order valence-corrected chi connectivity index (χ0v) is 22.1. The number of piperidine rings is 1. The van der Waals surface area contributed by atoms with Crippen molar-refractivity contribution < 1.29 is 14.6 Å². The number of aliphatic hydroxyl groups excluding tert-OH is 1. The van der Waals surface area contributed by atoms with Crippen LogP contribution in [0, 0.1) is 0 Å². The largest absolute Gasteiger partial charge is 0.494 e. The van der Waals surface area contributed by atoms with E-state index in [1.54, 1.807) is 13.3 Å². The second-order valence-electron chi connectivity index (χ2n) is 9.15. The van der Waals surface area contributed by atoms with Crippen LogP contribution in [0.15, 0.2) is 48.7 Å². The molecule has 1 saturated heterocycles. The number of hydrogen-bond donors (Lipinski definition) is 3. The van der Waals surface area contributed by atoms with Crippen molar-refractivity contribution in [3.05, 3.63) is 48.7 Å². The predicted molar refractivity (Wildman–Crippen MR) is 149 cm³/mol. The number of benzene rings is 2. The number of rotatable bonds is 8. The summed E-state index contributed by atoms with van der Waals surface area (Å²) >= 11 is 5.80. The molecule has 0 bridgehead atoms. The average molecular weight is 536 g/mol. The molecule has 1 amide bonds. The van der Waals surface area contributed by atoms with E-state index in [2.05, 4.69) is 20.5 Å². The van der Waals surface area contributed by atoms with Gasteiger partial charge in [-0.05, 0) is 37.1 Å². The molecule has 10 nitrogen and oxygen atoms in total. The third-order valence-electron chi connectivity index (χ3n) is 6.64. The molecule has 11 heteroatoms. The molecule has 0 unspecified atom stereocenters. The van der Waals surface area contributed by atoms with Gasteiger partial charge in [-0.25, -0.2) is 15.0 Å². The number of hydrogen-bond acceptors (Lipinski definition) is 8. The van der Waals surface area contributed by atoms with E-state index in [-0.39, 0.29) is 24.3 Å². The molecule has 0 aliphatic carbocycles. The third-order valence-corrected chi connectivity index (χ3v) is 6.83. The molecule has 0 saturated carbocycles. The fourth-order valence-electron chi connectivity index (χ4n) is 4.64. The topological polar surface area (TPSA) is 117 Å². The Kier molecular flexibility index (Phi) is 7.62. The molecular weight excluding hydrogens is 506 g/mol. The molecule has 198 valence electrons. The first-order chi connectivity index (χ1) is 18.5. The molecule has 0 atom stereocenters. The Balaban J connectivity index is 1.49. The minimum absolute atomic E-state index is 0.186. The van der Waals surface area contributed by atoms with Crippen LogP contribution in [-0.2, 0) is 11.8 Å². The summed E-state index contributed by atoms with van der Waals surface area (Å²) in [6, 6.07) is 13.4. The van der Waals surface area contributed by atoms with Gasteiger partial charge in [0.25, 0.3) is 0 Å². The van der Waals surface area contributed by atoms with Crippen LogP contribution >= 0.6 is 11.6 Å². The van der Waals surface area contributed by atoms with Gasteiger partial charge in [-0.2, -0.15) is 0 Å². The number of aliphatic hydroxyl groups is 1. The lowest BCUT2D eigenvalue weighted by Gasteiger charge is -2.33. The normalized spacial score (nSPS) is 14.1. The van der Waals surface area contributed by atoms with Crippen molar-refractivity contribution in [2.45, 2.75) is 25.4 Å². The number of nitrogens with zero attached hydrogens (tertiary/aromatic N) is 5. The molecule has 1 aliphatic heterocycles. The maximum Gasteiger partial charge on any atom is 0.227 e. The molecule has 2 aromatic carbocycles. The van der Waals surface area contributed by atoms with Gasteiger partial charge in [-0.1, -0.05) is 12.1 Å². The average Bonchev–Trinajstić information content (AvgIpc) is 3.26. The quantitative estimate of drug-likeness (QED) is 0.286. The van der Waals surface area contributed by atoms with Crippen LogP contribution in [0.5, 0.6) is 5.75 Å². The second-order valence-corrected chi connectivity index (χ2v) is 9.53. The summed E-state index contributed by atoms with van der Waals surface area (Å²) in [7, 11) is 3.55. The maximum absolute atomic E-state index is 12.5. The number of carbonyl (C=O) groups excluding carboxylic acids is 1. The molecule has 2 aromatic heterocycles. The second kappa shape index (κ2) is 11.2. The number of methoxy groups -OCH3 is 1. The lowest BCUT2D eigenvalue weighted by molar-refractivity contribution is -0.115. The Labute approximate surface area is 225 Å². The minimum atomic E-state index is -0.316. The van der Waals surface area contributed by atoms with Gasteiger partial charge in [0, 0.05) is 44.7 Å². The van der Waals surface area contributed by atoms with Crippen molar-refractivity contribution in [2.24, 2.45) is 7.05 Å².